The highest BCUT2D eigenvalue weighted by Gasteiger charge is 2.05. The number of halogens is 1. The zero-order valence-corrected chi connectivity index (χ0v) is 11.3. The smallest absolute Gasteiger partial charge is 0.136 e. The molecule has 0 amide bonds. The summed E-state index contributed by atoms with van der Waals surface area (Å²) >= 11 is 6.10. The average molecular weight is 274 g/mol. The van der Waals surface area contributed by atoms with Gasteiger partial charge in [0.1, 0.15) is 17.5 Å². The van der Waals surface area contributed by atoms with Crippen molar-refractivity contribution in [2.24, 2.45) is 0 Å². The minimum Gasteiger partial charge on any atom is -0.373 e. The Bertz CT molecular complexity index is 648. The first-order valence-electron chi connectivity index (χ1n) is 5.62. The molecular weight excluding hydrogens is 262 g/mol. The molecule has 0 aliphatic heterocycles. The van der Waals surface area contributed by atoms with Crippen LogP contribution in [0.1, 0.15) is 11.4 Å². The third kappa shape index (κ3) is 3.12. The molecule has 1 aromatic carbocycles. The highest BCUT2D eigenvalue weighted by molar-refractivity contribution is 6.33. The quantitative estimate of drug-likeness (QED) is 0.899. The van der Waals surface area contributed by atoms with Crippen LogP contribution in [0.2, 0.25) is 5.02 Å². The lowest BCUT2D eigenvalue weighted by Crippen LogP contribution is -2.01. The predicted molar refractivity (Wildman–Crippen MR) is 75.8 cm³/mol. The van der Waals surface area contributed by atoms with Gasteiger partial charge in [0.2, 0.25) is 0 Å². The number of nitrogens with one attached hydrogen (secondary N) is 2. The standard InChI is InChI=1S/C13H12ClN5/c1-8-17-12(16-2)6-13(18-8)19-11-4-3-9(7-15)5-10(11)14/h3-6H,1-2H3,(H2,16,17,18,19). The predicted octanol–water partition coefficient (Wildman–Crippen LogP) is 3.10. The van der Waals surface area contributed by atoms with Crippen LogP contribution in [0.5, 0.6) is 0 Å². The van der Waals surface area contributed by atoms with Crippen molar-refractivity contribution in [1.82, 2.24) is 9.97 Å². The van der Waals surface area contributed by atoms with Gasteiger partial charge in [-0.3, -0.25) is 0 Å². The van der Waals surface area contributed by atoms with Crippen molar-refractivity contribution < 1.29 is 0 Å². The van der Waals surface area contributed by atoms with Gasteiger partial charge < -0.3 is 10.6 Å². The molecule has 2 N–H and O–H groups in total. The van der Waals surface area contributed by atoms with E-state index in [1.54, 1.807) is 31.3 Å². The summed E-state index contributed by atoms with van der Waals surface area (Å²) in [5, 5.41) is 15.3. The molecule has 0 saturated carbocycles. The molecular formula is C13H12ClN5. The molecule has 6 heteroatoms. The van der Waals surface area contributed by atoms with E-state index in [0.29, 0.717) is 27.9 Å². The van der Waals surface area contributed by atoms with E-state index in [9.17, 15) is 0 Å². The fraction of sp³-hybridized carbons (Fsp3) is 0.154. The number of benzene rings is 1. The van der Waals surface area contributed by atoms with Gasteiger partial charge in [-0.05, 0) is 25.1 Å². The number of anilines is 3. The Kier molecular flexibility index (Phi) is 3.83. The summed E-state index contributed by atoms with van der Waals surface area (Å²) in [6.45, 7) is 1.81. The number of aryl methyl sites for hydroxylation is 1. The Morgan fingerprint density at radius 3 is 2.58 bits per heavy atom. The molecule has 0 fully saturated rings. The molecule has 2 aromatic rings. The summed E-state index contributed by atoms with van der Waals surface area (Å²) in [5.41, 5.74) is 1.21. The highest BCUT2D eigenvalue weighted by Crippen LogP contribution is 2.26. The minimum absolute atomic E-state index is 0.473. The van der Waals surface area contributed by atoms with Crippen LogP contribution in [-0.2, 0) is 0 Å². The van der Waals surface area contributed by atoms with Crippen LogP contribution >= 0.6 is 11.6 Å². The van der Waals surface area contributed by atoms with Crippen molar-refractivity contribution in [3.63, 3.8) is 0 Å². The number of hydrogen-bond donors (Lipinski definition) is 2. The van der Waals surface area contributed by atoms with Gasteiger partial charge in [-0.2, -0.15) is 5.26 Å². The van der Waals surface area contributed by atoms with Crippen LogP contribution in [0.4, 0.5) is 17.3 Å². The number of nitrogens with zero attached hydrogens (tertiary/aromatic N) is 3. The molecule has 0 spiro atoms. The van der Waals surface area contributed by atoms with Crippen LogP contribution < -0.4 is 10.6 Å². The third-order valence-electron chi connectivity index (χ3n) is 2.46. The average Bonchev–Trinajstić information content (AvgIpc) is 2.40. The van der Waals surface area contributed by atoms with E-state index in [4.69, 9.17) is 16.9 Å². The zero-order valence-electron chi connectivity index (χ0n) is 10.5. The Labute approximate surface area is 116 Å². The van der Waals surface area contributed by atoms with Crippen molar-refractivity contribution >= 4 is 28.9 Å². The van der Waals surface area contributed by atoms with E-state index >= 15 is 0 Å². The van der Waals surface area contributed by atoms with Gasteiger partial charge in [-0.1, -0.05) is 11.6 Å². The number of rotatable bonds is 3. The zero-order chi connectivity index (χ0) is 13.8. The van der Waals surface area contributed by atoms with Gasteiger partial charge in [-0.15, -0.1) is 0 Å². The van der Waals surface area contributed by atoms with E-state index in [-0.39, 0.29) is 0 Å². The number of nitriles is 1. The summed E-state index contributed by atoms with van der Waals surface area (Å²) in [7, 11) is 1.79. The molecule has 96 valence electrons. The molecule has 2 rings (SSSR count). The van der Waals surface area contributed by atoms with Crippen molar-refractivity contribution in [2.45, 2.75) is 6.92 Å². The summed E-state index contributed by atoms with van der Waals surface area (Å²) in [4.78, 5) is 8.48. The van der Waals surface area contributed by atoms with Gasteiger partial charge in [0.05, 0.1) is 22.3 Å². The highest BCUT2D eigenvalue weighted by atomic mass is 35.5. The molecule has 0 unspecified atom stereocenters. The van der Waals surface area contributed by atoms with Crippen molar-refractivity contribution in [3.8, 4) is 6.07 Å². The molecule has 1 heterocycles. The van der Waals surface area contributed by atoms with E-state index < -0.39 is 0 Å². The first-order valence-corrected chi connectivity index (χ1v) is 6.00. The second-order valence-corrected chi connectivity index (χ2v) is 4.27. The van der Waals surface area contributed by atoms with Crippen LogP contribution in [0.15, 0.2) is 24.3 Å². The van der Waals surface area contributed by atoms with Gasteiger partial charge >= 0.3 is 0 Å². The lowest BCUT2D eigenvalue weighted by atomic mass is 10.2. The molecule has 1 aromatic heterocycles. The third-order valence-corrected chi connectivity index (χ3v) is 2.77. The lowest BCUT2D eigenvalue weighted by molar-refractivity contribution is 1.06. The van der Waals surface area contributed by atoms with E-state index in [2.05, 4.69) is 20.6 Å². The largest absolute Gasteiger partial charge is 0.373 e. The fourth-order valence-corrected chi connectivity index (χ4v) is 1.81. The molecule has 0 aliphatic carbocycles. The summed E-state index contributed by atoms with van der Waals surface area (Å²) in [6.07, 6.45) is 0. The maximum absolute atomic E-state index is 8.79. The lowest BCUT2D eigenvalue weighted by Gasteiger charge is -2.09. The second kappa shape index (κ2) is 5.55. The van der Waals surface area contributed by atoms with Gasteiger partial charge in [0, 0.05) is 13.1 Å². The Balaban J connectivity index is 2.31. The molecule has 0 bridgehead atoms. The summed E-state index contributed by atoms with van der Waals surface area (Å²) in [5.74, 6) is 2.02. The number of hydrogen-bond acceptors (Lipinski definition) is 5. The molecule has 5 nitrogen and oxygen atoms in total. The molecule has 19 heavy (non-hydrogen) atoms. The Morgan fingerprint density at radius 2 is 1.95 bits per heavy atom. The van der Waals surface area contributed by atoms with Crippen molar-refractivity contribution in [3.05, 3.63) is 40.7 Å². The van der Waals surface area contributed by atoms with Crippen LogP contribution in [0.3, 0.4) is 0 Å². The fourth-order valence-electron chi connectivity index (χ4n) is 1.58. The monoisotopic (exact) mass is 273 g/mol. The second-order valence-electron chi connectivity index (χ2n) is 3.87. The van der Waals surface area contributed by atoms with Gasteiger partial charge in [0.15, 0.2) is 0 Å². The van der Waals surface area contributed by atoms with E-state index in [1.807, 2.05) is 13.0 Å². The SMILES string of the molecule is CNc1cc(Nc2ccc(C#N)cc2Cl)nc(C)n1. The normalized spacial score (nSPS) is 9.79. The van der Waals surface area contributed by atoms with E-state index in [1.165, 1.54) is 0 Å². The maximum Gasteiger partial charge on any atom is 0.136 e. The van der Waals surface area contributed by atoms with Crippen molar-refractivity contribution in [1.29, 1.82) is 5.26 Å². The first kappa shape index (κ1) is 13.1. The van der Waals surface area contributed by atoms with Crippen LogP contribution in [0.25, 0.3) is 0 Å². The van der Waals surface area contributed by atoms with Crippen LogP contribution in [0, 0.1) is 18.3 Å². The molecule has 0 saturated heterocycles. The minimum atomic E-state index is 0.473. The molecule has 0 radical (unpaired) electrons. The summed E-state index contributed by atoms with van der Waals surface area (Å²) < 4.78 is 0. The Morgan fingerprint density at radius 1 is 1.21 bits per heavy atom. The van der Waals surface area contributed by atoms with Crippen LogP contribution in [-0.4, -0.2) is 17.0 Å². The summed E-state index contributed by atoms with van der Waals surface area (Å²) in [6, 6.07) is 8.87. The number of aromatic nitrogens is 2. The Hall–Kier alpha value is -2.32. The van der Waals surface area contributed by atoms with Gasteiger partial charge in [-0.25, -0.2) is 9.97 Å². The van der Waals surface area contributed by atoms with E-state index in [0.717, 1.165) is 5.82 Å². The van der Waals surface area contributed by atoms with Gasteiger partial charge in [0.25, 0.3) is 0 Å². The molecule has 0 atom stereocenters. The first-order chi connectivity index (χ1) is 9.12. The topological polar surface area (TPSA) is 73.6 Å². The maximum atomic E-state index is 8.79. The molecule has 0 aliphatic rings. The van der Waals surface area contributed by atoms with Crippen molar-refractivity contribution in [2.75, 3.05) is 17.7 Å².